The van der Waals surface area contributed by atoms with Crippen LogP contribution >= 0.6 is 0 Å². The third-order valence-corrected chi connectivity index (χ3v) is 8.71. The fourth-order valence-corrected chi connectivity index (χ4v) is 6.27. The Balaban J connectivity index is 1.33. The Morgan fingerprint density at radius 3 is 2.36 bits per heavy atom. The SMILES string of the molecule is O=C(NCc1cc(-c2ccc(C(F)(F)F)nc2)ncn1)[C@@H]1C[C@]2(CN1S(=O)(=O)c1ccc(F)cc1)CC2(F)F. The Labute approximate surface area is 218 Å². The lowest BCUT2D eigenvalue weighted by atomic mass is 10.0. The first-order valence-electron chi connectivity index (χ1n) is 11.5. The van der Waals surface area contributed by atoms with E-state index in [1.807, 2.05) is 0 Å². The summed E-state index contributed by atoms with van der Waals surface area (Å²) in [5.41, 5.74) is -2.05. The van der Waals surface area contributed by atoms with Gasteiger partial charge < -0.3 is 5.32 Å². The maximum absolute atomic E-state index is 14.2. The molecule has 0 unspecified atom stereocenters. The van der Waals surface area contributed by atoms with Crippen molar-refractivity contribution < 1.29 is 39.6 Å². The van der Waals surface area contributed by atoms with Gasteiger partial charge in [0, 0.05) is 24.7 Å². The molecule has 2 fully saturated rings. The molecule has 1 aliphatic heterocycles. The quantitative estimate of drug-likeness (QED) is 0.452. The largest absolute Gasteiger partial charge is 0.433 e. The van der Waals surface area contributed by atoms with Gasteiger partial charge in [-0.2, -0.15) is 17.5 Å². The van der Waals surface area contributed by atoms with Gasteiger partial charge in [0.2, 0.25) is 15.9 Å². The van der Waals surface area contributed by atoms with E-state index in [1.165, 1.54) is 12.1 Å². The van der Waals surface area contributed by atoms with Crippen molar-refractivity contribution in [1.29, 1.82) is 0 Å². The number of nitrogens with one attached hydrogen (secondary N) is 1. The molecule has 1 amide bonds. The van der Waals surface area contributed by atoms with Crippen molar-refractivity contribution in [2.75, 3.05) is 6.54 Å². The molecule has 3 heterocycles. The highest BCUT2D eigenvalue weighted by molar-refractivity contribution is 7.89. The van der Waals surface area contributed by atoms with Crippen molar-refractivity contribution in [2.45, 2.75) is 42.4 Å². The van der Waals surface area contributed by atoms with Crippen LogP contribution in [0.2, 0.25) is 0 Å². The van der Waals surface area contributed by atoms with Crippen LogP contribution in [0, 0.1) is 11.2 Å². The number of pyridine rings is 1. The zero-order chi connectivity index (χ0) is 28.2. The fourth-order valence-electron chi connectivity index (χ4n) is 4.60. The molecule has 1 saturated carbocycles. The third-order valence-electron chi connectivity index (χ3n) is 6.84. The van der Waals surface area contributed by atoms with Crippen LogP contribution in [0.25, 0.3) is 11.3 Å². The first-order chi connectivity index (χ1) is 18.2. The lowest BCUT2D eigenvalue weighted by Crippen LogP contribution is -2.45. The Morgan fingerprint density at radius 1 is 1.08 bits per heavy atom. The maximum atomic E-state index is 14.2. The van der Waals surface area contributed by atoms with E-state index in [2.05, 4.69) is 20.3 Å². The molecule has 2 aliphatic rings. The molecule has 3 aromatic rings. The van der Waals surface area contributed by atoms with Crippen LogP contribution in [-0.2, 0) is 27.5 Å². The van der Waals surface area contributed by atoms with E-state index in [4.69, 9.17) is 0 Å². The molecule has 2 atom stereocenters. The van der Waals surface area contributed by atoms with Crippen LogP contribution in [-0.4, -0.2) is 52.1 Å². The number of halogens is 6. The molecule has 1 aromatic carbocycles. The van der Waals surface area contributed by atoms with E-state index in [0.717, 1.165) is 47.2 Å². The Morgan fingerprint density at radius 2 is 1.77 bits per heavy atom. The van der Waals surface area contributed by atoms with Crippen molar-refractivity contribution in [3.8, 4) is 11.3 Å². The molecule has 1 spiro atoms. The van der Waals surface area contributed by atoms with Gasteiger partial charge in [-0.1, -0.05) is 0 Å². The lowest BCUT2D eigenvalue weighted by molar-refractivity contribution is -0.141. The summed E-state index contributed by atoms with van der Waals surface area (Å²) in [5.74, 6) is -4.65. The Kier molecular flexibility index (Phi) is 6.41. The van der Waals surface area contributed by atoms with Crippen LogP contribution in [0.4, 0.5) is 26.3 Å². The standard InChI is InChI=1S/C24H19F6N5O3S/c25-15-2-4-17(5-3-15)39(37,38)35-12-22(11-23(22,26)27)8-19(35)21(36)32-10-16-7-18(34-13-33-16)14-1-6-20(31-9-14)24(28,29)30/h1-7,9,13,19H,8,10-12H2,(H,32,36)/t19-,22+/m0/s1. The number of nitrogens with zero attached hydrogens (tertiary/aromatic N) is 4. The van der Waals surface area contributed by atoms with Crippen molar-refractivity contribution in [3.05, 3.63) is 72.2 Å². The number of amides is 1. The molecule has 1 saturated heterocycles. The average molecular weight is 572 g/mol. The number of carbonyl (C=O) groups is 1. The molecule has 8 nitrogen and oxygen atoms in total. The molecule has 1 aliphatic carbocycles. The molecule has 0 radical (unpaired) electrons. The predicted octanol–water partition coefficient (Wildman–Crippen LogP) is 3.80. The van der Waals surface area contributed by atoms with Crippen LogP contribution in [0.15, 0.2) is 59.9 Å². The zero-order valence-electron chi connectivity index (χ0n) is 19.8. The molecule has 15 heteroatoms. The third kappa shape index (κ3) is 5.07. The van der Waals surface area contributed by atoms with Gasteiger partial charge in [0.05, 0.1) is 28.2 Å². The zero-order valence-corrected chi connectivity index (χ0v) is 20.6. The summed E-state index contributed by atoms with van der Waals surface area (Å²) in [6.45, 7) is -0.816. The number of alkyl halides is 5. The predicted molar refractivity (Wildman–Crippen MR) is 123 cm³/mol. The number of rotatable bonds is 6. The number of benzene rings is 1. The molecular formula is C24H19F6N5O3S. The van der Waals surface area contributed by atoms with E-state index < -0.39 is 70.4 Å². The molecule has 5 rings (SSSR count). The van der Waals surface area contributed by atoms with E-state index in [-0.39, 0.29) is 28.4 Å². The monoisotopic (exact) mass is 571 g/mol. The molecule has 39 heavy (non-hydrogen) atoms. The van der Waals surface area contributed by atoms with Gasteiger partial charge in [0.25, 0.3) is 5.92 Å². The first-order valence-corrected chi connectivity index (χ1v) is 12.9. The number of sulfonamides is 1. The van der Waals surface area contributed by atoms with Gasteiger partial charge >= 0.3 is 6.18 Å². The van der Waals surface area contributed by atoms with Gasteiger partial charge in [-0.25, -0.2) is 31.6 Å². The minimum Gasteiger partial charge on any atom is -0.349 e. The number of hydrogen-bond donors (Lipinski definition) is 1. The van der Waals surface area contributed by atoms with Crippen LogP contribution < -0.4 is 5.32 Å². The molecular weight excluding hydrogens is 552 g/mol. The summed E-state index contributed by atoms with van der Waals surface area (Å²) in [5, 5.41) is 2.50. The van der Waals surface area contributed by atoms with Crippen LogP contribution in [0.5, 0.6) is 0 Å². The van der Waals surface area contributed by atoms with Gasteiger partial charge in [-0.15, -0.1) is 0 Å². The van der Waals surface area contributed by atoms with E-state index in [1.54, 1.807) is 0 Å². The Bertz CT molecular complexity index is 1520. The van der Waals surface area contributed by atoms with Crippen molar-refractivity contribution in [3.63, 3.8) is 0 Å². The first kappa shape index (κ1) is 27.0. The summed E-state index contributed by atoms with van der Waals surface area (Å²) < 4.78 is 107. The van der Waals surface area contributed by atoms with Crippen molar-refractivity contribution in [1.82, 2.24) is 24.6 Å². The molecule has 206 valence electrons. The summed E-state index contributed by atoms with van der Waals surface area (Å²) in [4.78, 5) is 24.1. The van der Waals surface area contributed by atoms with Crippen molar-refractivity contribution >= 4 is 15.9 Å². The van der Waals surface area contributed by atoms with E-state index >= 15 is 0 Å². The van der Waals surface area contributed by atoms with Gasteiger partial charge in [-0.05, 0) is 48.9 Å². The van der Waals surface area contributed by atoms with Crippen LogP contribution in [0.1, 0.15) is 24.2 Å². The topological polar surface area (TPSA) is 105 Å². The van der Waals surface area contributed by atoms with Crippen molar-refractivity contribution in [2.24, 2.45) is 5.41 Å². The normalized spacial score (nSPS) is 22.7. The smallest absolute Gasteiger partial charge is 0.349 e. The number of hydrogen-bond acceptors (Lipinski definition) is 6. The lowest BCUT2D eigenvalue weighted by Gasteiger charge is -2.23. The molecule has 1 N–H and O–H groups in total. The highest BCUT2D eigenvalue weighted by Gasteiger charge is 2.76. The van der Waals surface area contributed by atoms with E-state index in [9.17, 15) is 39.6 Å². The highest BCUT2D eigenvalue weighted by Crippen LogP contribution is 2.66. The summed E-state index contributed by atoms with van der Waals surface area (Å²) in [7, 11) is -4.41. The minimum atomic E-state index is -4.61. The second-order valence-corrected chi connectivity index (χ2v) is 11.3. The second-order valence-electron chi connectivity index (χ2n) is 9.43. The average Bonchev–Trinajstić information content (AvgIpc) is 3.20. The number of aromatic nitrogens is 3. The van der Waals surface area contributed by atoms with E-state index in [0.29, 0.717) is 0 Å². The number of carbonyl (C=O) groups excluding carboxylic acids is 1. The van der Waals surface area contributed by atoms with Gasteiger partial charge in [0.1, 0.15) is 23.9 Å². The summed E-state index contributed by atoms with van der Waals surface area (Å²) in [6.07, 6.45) is -3.47. The highest BCUT2D eigenvalue weighted by atomic mass is 32.2. The molecule has 0 bridgehead atoms. The summed E-state index contributed by atoms with van der Waals surface area (Å²) in [6, 6.07) is 5.72. The maximum Gasteiger partial charge on any atom is 0.433 e. The van der Waals surface area contributed by atoms with Gasteiger partial charge in [0.15, 0.2) is 0 Å². The Hall–Kier alpha value is -3.59. The van der Waals surface area contributed by atoms with Crippen LogP contribution in [0.3, 0.4) is 0 Å². The van der Waals surface area contributed by atoms with Gasteiger partial charge in [-0.3, -0.25) is 9.78 Å². The fraction of sp³-hybridized carbons (Fsp3) is 0.333. The second kappa shape index (κ2) is 9.26. The molecule has 2 aromatic heterocycles. The minimum absolute atomic E-state index is 0.216. The summed E-state index contributed by atoms with van der Waals surface area (Å²) >= 11 is 0.